The average molecular weight is 408 g/mol. The summed E-state index contributed by atoms with van der Waals surface area (Å²) in [5, 5.41) is 13.2. The fourth-order valence-electron chi connectivity index (χ4n) is 3.19. The Morgan fingerprint density at radius 1 is 1.03 bits per heavy atom. The standard InChI is InChI=1S/C22H22ClN5O/c1-27-14-16(12-25-27)11-24-13-17-15-28(18-7-9-19(29-2)10-8-18)26-22(17)20-5-3-4-6-21(20)23/h3-10,12,14-15,24H,11,13H2,1-2H3. The lowest BCUT2D eigenvalue weighted by Crippen LogP contribution is -2.12. The van der Waals surface area contributed by atoms with Gasteiger partial charge in [0.05, 0.1) is 29.7 Å². The van der Waals surface area contributed by atoms with Crippen LogP contribution in [0.3, 0.4) is 0 Å². The van der Waals surface area contributed by atoms with Gasteiger partial charge >= 0.3 is 0 Å². The smallest absolute Gasteiger partial charge is 0.119 e. The highest BCUT2D eigenvalue weighted by atomic mass is 35.5. The van der Waals surface area contributed by atoms with Gasteiger partial charge in [0.15, 0.2) is 0 Å². The highest BCUT2D eigenvalue weighted by molar-refractivity contribution is 6.33. The monoisotopic (exact) mass is 407 g/mol. The number of ether oxygens (including phenoxy) is 1. The number of nitrogens with zero attached hydrogens (tertiary/aromatic N) is 4. The molecule has 0 bridgehead atoms. The van der Waals surface area contributed by atoms with E-state index in [-0.39, 0.29) is 0 Å². The van der Waals surface area contributed by atoms with Crippen LogP contribution in [-0.2, 0) is 20.1 Å². The molecule has 0 radical (unpaired) electrons. The number of hydrogen-bond donors (Lipinski definition) is 1. The molecule has 0 aliphatic heterocycles. The summed E-state index contributed by atoms with van der Waals surface area (Å²) < 4.78 is 8.93. The number of methoxy groups -OCH3 is 1. The molecule has 0 fully saturated rings. The molecule has 0 unspecified atom stereocenters. The molecule has 0 aliphatic rings. The van der Waals surface area contributed by atoms with E-state index in [9.17, 15) is 0 Å². The maximum absolute atomic E-state index is 6.46. The van der Waals surface area contributed by atoms with Gasteiger partial charge in [0.1, 0.15) is 5.75 Å². The molecule has 1 N–H and O–H groups in total. The van der Waals surface area contributed by atoms with Gasteiger partial charge in [-0.3, -0.25) is 4.68 Å². The van der Waals surface area contributed by atoms with Gasteiger partial charge in [0.2, 0.25) is 0 Å². The molecular weight excluding hydrogens is 386 g/mol. The predicted molar refractivity (Wildman–Crippen MR) is 114 cm³/mol. The molecule has 2 heterocycles. The topological polar surface area (TPSA) is 56.9 Å². The summed E-state index contributed by atoms with van der Waals surface area (Å²) in [7, 11) is 3.57. The molecule has 6 nitrogen and oxygen atoms in total. The summed E-state index contributed by atoms with van der Waals surface area (Å²) in [4.78, 5) is 0. The Kier molecular flexibility index (Phi) is 5.64. The van der Waals surface area contributed by atoms with E-state index in [0.29, 0.717) is 11.6 Å². The van der Waals surface area contributed by atoms with Gasteiger partial charge in [-0.25, -0.2) is 4.68 Å². The van der Waals surface area contributed by atoms with Crippen molar-refractivity contribution in [1.29, 1.82) is 0 Å². The van der Waals surface area contributed by atoms with Gasteiger partial charge < -0.3 is 10.1 Å². The summed E-state index contributed by atoms with van der Waals surface area (Å²) in [5.41, 5.74) is 4.94. The van der Waals surface area contributed by atoms with Gasteiger partial charge in [0, 0.05) is 49.2 Å². The number of aromatic nitrogens is 4. The Morgan fingerprint density at radius 2 is 1.83 bits per heavy atom. The van der Waals surface area contributed by atoms with Crippen molar-refractivity contribution in [3.63, 3.8) is 0 Å². The van der Waals surface area contributed by atoms with Crippen molar-refractivity contribution in [3.05, 3.63) is 83.3 Å². The van der Waals surface area contributed by atoms with Crippen LogP contribution < -0.4 is 10.1 Å². The SMILES string of the molecule is COc1ccc(-n2cc(CNCc3cnn(C)c3)c(-c3ccccc3Cl)n2)cc1. The molecule has 148 valence electrons. The quantitative estimate of drug-likeness (QED) is 0.498. The van der Waals surface area contributed by atoms with Crippen molar-refractivity contribution in [2.75, 3.05) is 7.11 Å². The van der Waals surface area contributed by atoms with Crippen LogP contribution in [0.2, 0.25) is 5.02 Å². The highest BCUT2D eigenvalue weighted by Gasteiger charge is 2.15. The Balaban J connectivity index is 1.63. The Bertz CT molecular complexity index is 1100. The summed E-state index contributed by atoms with van der Waals surface area (Å²) in [6, 6.07) is 15.6. The van der Waals surface area contributed by atoms with E-state index in [1.165, 1.54) is 0 Å². The zero-order valence-electron chi connectivity index (χ0n) is 16.3. The van der Waals surface area contributed by atoms with Crippen LogP contribution in [0.15, 0.2) is 67.1 Å². The van der Waals surface area contributed by atoms with E-state index in [2.05, 4.69) is 10.4 Å². The van der Waals surface area contributed by atoms with E-state index in [1.807, 2.05) is 78.9 Å². The molecule has 0 aliphatic carbocycles. The van der Waals surface area contributed by atoms with Crippen LogP contribution in [0.5, 0.6) is 5.75 Å². The van der Waals surface area contributed by atoms with Gasteiger partial charge in [-0.15, -0.1) is 0 Å². The van der Waals surface area contributed by atoms with E-state index in [0.717, 1.165) is 40.4 Å². The normalized spacial score (nSPS) is 11.0. The Morgan fingerprint density at radius 3 is 2.52 bits per heavy atom. The fourth-order valence-corrected chi connectivity index (χ4v) is 3.42. The fraction of sp³-hybridized carbons (Fsp3) is 0.182. The van der Waals surface area contributed by atoms with Crippen molar-refractivity contribution in [1.82, 2.24) is 24.9 Å². The highest BCUT2D eigenvalue weighted by Crippen LogP contribution is 2.30. The molecule has 29 heavy (non-hydrogen) atoms. The third-order valence-corrected chi connectivity index (χ3v) is 4.99. The number of benzene rings is 2. The largest absolute Gasteiger partial charge is 0.497 e. The van der Waals surface area contributed by atoms with Gasteiger partial charge in [-0.05, 0) is 30.3 Å². The van der Waals surface area contributed by atoms with Crippen molar-refractivity contribution in [2.45, 2.75) is 13.1 Å². The molecule has 2 aromatic heterocycles. The second kappa shape index (κ2) is 8.51. The first-order valence-corrected chi connectivity index (χ1v) is 9.68. The number of rotatable bonds is 7. The molecule has 4 rings (SSSR count). The van der Waals surface area contributed by atoms with Crippen LogP contribution in [0.4, 0.5) is 0 Å². The van der Waals surface area contributed by atoms with Gasteiger partial charge in [0.25, 0.3) is 0 Å². The van der Waals surface area contributed by atoms with E-state index in [4.69, 9.17) is 21.4 Å². The van der Waals surface area contributed by atoms with E-state index in [1.54, 1.807) is 11.8 Å². The van der Waals surface area contributed by atoms with Crippen molar-refractivity contribution >= 4 is 11.6 Å². The molecule has 2 aromatic carbocycles. The number of nitrogens with one attached hydrogen (secondary N) is 1. The summed E-state index contributed by atoms with van der Waals surface area (Å²) in [5.74, 6) is 0.811. The molecule has 0 atom stereocenters. The minimum absolute atomic E-state index is 0.658. The van der Waals surface area contributed by atoms with Crippen LogP contribution in [0, 0.1) is 0 Å². The first-order chi connectivity index (χ1) is 14.1. The Hall–Kier alpha value is -3.09. The van der Waals surface area contributed by atoms with Crippen LogP contribution in [0.25, 0.3) is 16.9 Å². The first-order valence-electron chi connectivity index (χ1n) is 9.30. The van der Waals surface area contributed by atoms with E-state index >= 15 is 0 Å². The lowest BCUT2D eigenvalue weighted by Gasteiger charge is -2.05. The number of hydrogen-bond acceptors (Lipinski definition) is 4. The maximum atomic E-state index is 6.46. The average Bonchev–Trinajstić information content (AvgIpc) is 3.35. The van der Waals surface area contributed by atoms with Gasteiger partial charge in [-0.1, -0.05) is 29.8 Å². The minimum Gasteiger partial charge on any atom is -0.497 e. The third kappa shape index (κ3) is 4.34. The lowest BCUT2D eigenvalue weighted by molar-refractivity contribution is 0.414. The Labute approximate surface area is 174 Å². The van der Waals surface area contributed by atoms with Gasteiger partial charge in [-0.2, -0.15) is 10.2 Å². The van der Waals surface area contributed by atoms with Crippen LogP contribution in [-0.4, -0.2) is 26.7 Å². The third-order valence-electron chi connectivity index (χ3n) is 4.66. The van der Waals surface area contributed by atoms with Crippen LogP contribution in [0.1, 0.15) is 11.1 Å². The molecule has 7 heteroatoms. The zero-order valence-corrected chi connectivity index (χ0v) is 17.1. The van der Waals surface area contributed by atoms with Crippen molar-refractivity contribution < 1.29 is 4.74 Å². The molecule has 0 saturated heterocycles. The minimum atomic E-state index is 0.658. The second-order valence-electron chi connectivity index (χ2n) is 6.75. The molecule has 0 spiro atoms. The molecule has 0 amide bonds. The summed E-state index contributed by atoms with van der Waals surface area (Å²) >= 11 is 6.46. The second-order valence-corrected chi connectivity index (χ2v) is 7.16. The summed E-state index contributed by atoms with van der Waals surface area (Å²) in [6.07, 6.45) is 5.90. The maximum Gasteiger partial charge on any atom is 0.119 e. The first kappa shape index (κ1) is 19.2. The summed E-state index contributed by atoms with van der Waals surface area (Å²) in [6.45, 7) is 1.38. The van der Waals surface area contributed by atoms with Crippen LogP contribution >= 0.6 is 11.6 Å². The molecular formula is C22H22ClN5O. The van der Waals surface area contributed by atoms with Crippen molar-refractivity contribution in [2.24, 2.45) is 7.05 Å². The number of halogens is 1. The molecule has 4 aromatic rings. The van der Waals surface area contributed by atoms with E-state index < -0.39 is 0 Å². The molecule has 0 saturated carbocycles. The zero-order chi connectivity index (χ0) is 20.2. The number of aryl methyl sites for hydroxylation is 1. The predicted octanol–water partition coefficient (Wildman–Crippen LogP) is 4.22. The lowest BCUT2D eigenvalue weighted by atomic mass is 10.1. The van der Waals surface area contributed by atoms with Crippen molar-refractivity contribution in [3.8, 4) is 22.7 Å².